The molecule has 1 aromatic carbocycles. The topological polar surface area (TPSA) is 129 Å². The lowest BCUT2D eigenvalue weighted by Crippen LogP contribution is -2.44. The summed E-state index contributed by atoms with van der Waals surface area (Å²) in [5, 5.41) is 13.2. The number of aromatic amines is 1. The number of likely N-dealkylation sites (tertiary alicyclic amines) is 1. The Morgan fingerprint density at radius 2 is 1.91 bits per heavy atom. The molecule has 10 nitrogen and oxygen atoms in total. The quantitative estimate of drug-likeness (QED) is 0.481. The third-order valence-electron chi connectivity index (χ3n) is 5.76. The standard InChI is InChI=1S/C25H30N6O4/c1-15-11-18(14-26-21(15)29-24(34)35-25(2,3)4)28-22(32)23(33)31-10-6-5-7-20(31)16-8-9-19-17(12-16)13-27-30-19/h8-9,11-14,20H,5-7,10H2,1-4H3,(H,27,30)(H,28,32)(H,26,29,34). The minimum absolute atomic E-state index is 0.179. The van der Waals surface area contributed by atoms with Crippen LogP contribution in [0, 0.1) is 6.92 Å². The van der Waals surface area contributed by atoms with Gasteiger partial charge in [-0.1, -0.05) is 6.07 Å². The summed E-state index contributed by atoms with van der Waals surface area (Å²) in [6.07, 6.45) is 5.13. The number of carbonyl (C=O) groups excluding carboxylic acids is 3. The molecule has 1 saturated heterocycles. The van der Waals surface area contributed by atoms with Gasteiger partial charge in [-0.25, -0.2) is 9.78 Å². The Hall–Kier alpha value is -3.95. The summed E-state index contributed by atoms with van der Waals surface area (Å²) in [7, 11) is 0. The fourth-order valence-electron chi connectivity index (χ4n) is 4.18. The van der Waals surface area contributed by atoms with Crippen LogP contribution in [0.3, 0.4) is 0 Å². The van der Waals surface area contributed by atoms with Crippen molar-refractivity contribution in [3.63, 3.8) is 0 Å². The van der Waals surface area contributed by atoms with Crippen LogP contribution in [0.4, 0.5) is 16.3 Å². The van der Waals surface area contributed by atoms with Crippen LogP contribution in [-0.2, 0) is 14.3 Å². The zero-order valence-corrected chi connectivity index (χ0v) is 20.3. The van der Waals surface area contributed by atoms with Crippen LogP contribution in [0.25, 0.3) is 10.9 Å². The molecule has 1 aliphatic heterocycles. The van der Waals surface area contributed by atoms with Gasteiger partial charge in [0.1, 0.15) is 11.4 Å². The van der Waals surface area contributed by atoms with Gasteiger partial charge in [0.05, 0.1) is 29.6 Å². The molecule has 0 spiro atoms. The lowest BCUT2D eigenvalue weighted by Gasteiger charge is -2.35. The van der Waals surface area contributed by atoms with E-state index in [0.29, 0.717) is 23.6 Å². The van der Waals surface area contributed by atoms with Gasteiger partial charge in [0, 0.05) is 11.9 Å². The molecule has 184 valence electrons. The van der Waals surface area contributed by atoms with Gasteiger partial charge in [-0.3, -0.25) is 20.0 Å². The number of H-pyrrole nitrogens is 1. The van der Waals surface area contributed by atoms with Gasteiger partial charge in [-0.15, -0.1) is 0 Å². The molecule has 1 fully saturated rings. The van der Waals surface area contributed by atoms with E-state index < -0.39 is 23.5 Å². The van der Waals surface area contributed by atoms with E-state index in [4.69, 9.17) is 4.74 Å². The van der Waals surface area contributed by atoms with E-state index in [0.717, 1.165) is 35.7 Å². The summed E-state index contributed by atoms with van der Waals surface area (Å²) < 4.78 is 5.24. The second-order valence-electron chi connectivity index (χ2n) is 9.70. The van der Waals surface area contributed by atoms with Gasteiger partial charge < -0.3 is 15.0 Å². The van der Waals surface area contributed by atoms with Gasteiger partial charge in [0.15, 0.2) is 0 Å². The van der Waals surface area contributed by atoms with Crippen molar-refractivity contribution >= 4 is 40.3 Å². The molecule has 0 saturated carbocycles. The van der Waals surface area contributed by atoms with Crippen LogP contribution in [0.2, 0.25) is 0 Å². The minimum atomic E-state index is -0.727. The number of ether oxygens (including phenoxy) is 1. The van der Waals surface area contributed by atoms with Crippen LogP contribution in [0.15, 0.2) is 36.7 Å². The summed E-state index contributed by atoms with van der Waals surface area (Å²) in [6, 6.07) is 7.39. The number of piperidine rings is 1. The van der Waals surface area contributed by atoms with Gasteiger partial charge in [0.2, 0.25) is 0 Å². The molecule has 2 aromatic heterocycles. The van der Waals surface area contributed by atoms with Gasteiger partial charge in [-0.2, -0.15) is 5.10 Å². The molecule has 1 atom stereocenters. The molecule has 4 rings (SSSR count). The predicted molar refractivity (Wildman–Crippen MR) is 132 cm³/mol. The smallest absolute Gasteiger partial charge is 0.413 e. The highest BCUT2D eigenvalue weighted by atomic mass is 16.6. The number of benzene rings is 1. The molecule has 3 aromatic rings. The van der Waals surface area contributed by atoms with E-state index in [2.05, 4.69) is 25.8 Å². The SMILES string of the molecule is Cc1cc(NC(=O)C(=O)N2CCCCC2c2ccc3[nH]ncc3c2)cnc1NC(=O)OC(C)(C)C. The van der Waals surface area contributed by atoms with E-state index in [-0.39, 0.29) is 6.04 Å². The molecule has 0 bridgehead atoms. The lowest BCUT2D eigenvalue weighted by molar-refractivity contribution is -0.145. The van der Waals surface area contributed by atoms with Crippen molar-refractivity contribution in [1.29, 1.82) is 0 Å². The molecule has 1 aliphatic rings. The number of pyridine rings is 1. The molecule has 35 heavy (non-hydrogen) atoms. The zero-order chi connectivity index (χ0) is 25.2. The maximum Gasteiger partial charge on any atom is 0.413 e. The third-order valence-corrected chi connectivity index (χ3v) is 5.76. The fraction of sp³-hybridized carbons (Fsp3) is 0.400. The Balaban J connectivity index is 1.44. The lowest BCUT2D eigenvalue weighted by atomic mass is 9.94. The third kappa shape index (κ3) is 5.76. The highest BCUT2D eigenvalue weighted by Gasteiger charge is 2.32. The van der Waals surface area contributed by atoms with Gasteiger partial charge in [-0.05, 0) is 76.3 Å². The molecule has 0 aliphatic carbocycles. The number of aromatic nitrogens is 3. The second kappa shape index (κ2) is 9.73. The Morgan fingerprint density at radius 1 is 1.11 bits per heavy atom. The number of carbonyl (C=O) groups is 3. The highest BCUT2D eigenvalue weighted by Crippen LogP contribution is 2.32. The average Bonchev–Trinajstić information content (AvgIpc) is 3.27. The van der Waals surface area contributed by atoms with E-state index in [1.807, 2.05) is 18.2 Å². The van der Waals surface area contributed by atoms with Crippen molar-refractivity contribution in [2.24, 2.45) is 0 Å². The van der Waals surface area contributed by atoms with Crippen molar-refractivity contribution < 1.29 is 19.1 Å². The monoisotopic (exact) mass is 478 g/mol. The first kappa shape index (κ1) is 24.2. The molecular weight excluding hydrogens is 448 g/mol. The van der Waals surface area contributed by atoms with E-state index in [1.54, 1.807) is 44.9 Å². The Kier molecular flexibility index (Phi) is 6.72. The van der Waals surface area contributed by atoms with Crippen LogP contribution >= 0.6 is 0 Å². The normalized spacial score (nSPS) is 16.1. The summed E-state index contributed by atoms with van der Waals surface area (Å²) in [5.74, 6) is -1.000. The fourth-order valence-corrected chi connectivity index (χ4v) is 4.18. The maximum absolute atomic E-state index is 13.1. The number of rotatable bonds is 3. The first-order valence-electron chi connectivity index (χ1n) is 11.6. The number of aryl methyl sites for hydroxylation is 1. The largest absolute Gasteiger partial charge is 0.444 e. The molecule has 3 heterocycles. The zero-order valence-electron chi connectivity index (χ0n) is 20.3. The van der Waals surface area contributed by atoms with Crippen molar-refractivity contribution in [3.8, 4) is 0 Å². The van der Waals surface area contributed by atoms with E-state index >= 15 is 0 Å². The Bertz CT molecular complexity index is 1260. The molecule has 3 amide bonds. The Labute approximate surface area is 203 Å². The van der Waals surface area contributed by atoms with Crippen LogP contribution < -0.4 is 10.6 Å². The second-order valence-corrected chi connectivity index (χ2v) is 9.70. The summed E-state index contributed by atoms with van der Waals surface area (Å²) in [4.78, 5) is 43.8. The molecule has 0 radical (unpaired) electrons. The van der Waals surface area contributed by atoms with Crippen molar-refractivity contribution in [2.75, 3.05) is 17.2 Å². The van der Waals surface area contributed by atoms with E-state index in [1.165, 1.54) is 6.20 Å². The maximum atomic E-state index is 13.1. The number of hydrogen-bond acceptors (Lipinski definition) is 6. The van der Waals surface area contributed by atoms with Gasteiger partial charge in [0.25, 0.3) is 0 Å². The molecular formula is C25H30N6O4. The number of amides is 3. The molecule has 1 unspecified atom stereocenters. The van der Waals surface area contributed by atoms with Gasteiger partial charge >= 0.3 is 17.9 Å². The van der Waals surface area contributed by atoms with E-state index in [9.17, 15) is 14.4 Å². The number of hydrogen-bond donors (Lipinski definition) is 3. The summed E-state index contributed by atoms with van der Waals surface area (Å²) in [6.45, 7) is 7.56. The molecule has 3 N–H and O–H groups in total. The van der Waals surface area contributed by atoms with Crippen molar-refractivity contribution in [2.45, 2.75) is 58.6 Å². The predicted octanol–water partition coefficient (Wildman–Crippen LogP) is 4.31. The van der Waals surface area contributed by atoms with Crippen LogP contribution in [0.5, 0.6) is 0 Å². The number of nitrogens with one attached hydrogen (secondary N) is 3. The van der Waals surface area contributed by atoms with Crippen LogP contribution in [-0.4, -0.2) is 50.1 Å². The summed E-state index contributed by atoms with van der Waals surface area (Å²) in [5.41, 5.74) is 2.25. The Morgan fingerprint density at radius 3 is 2.66 bits per heavy atom. The molecule has 10 heteroatoms. The first-order valence-corrected chi connectivity index (χ1v) is 11.6. The minimum Gasteiger partial charge on any atom is -0.444 e. The highest BCUT2D eigenvalue weighted by molar-refractivity contribution is 6.39. The first-order chi connectivity index (χ1) is 16.6. The van der Waals surface area contributed by atoms with Crippen LogP contribution in [0.1, 0.15) is 57.2 Å². The number of fused-ring (bicyclic) bond motifs is 1. The summed E-state index contributed by atoms with van der Waals surface area (Å²) >= 11 is 0. The van der Waals surface area contributed by atoms with Crippen molar-refractivity contribution in [1.82, 2.24) is 20.1 Å². The number of anilines is 2. The average molecular weight is 479 g/mol. The number of nitrogens with zero attached hydrogens (tertiary/aromatic N) is 3. The van der Waals surface area contributed by atoms with Crippen molar-refractivity contribution in [3.05, 3.63) is 47.8 Å².